The molecule has 1 aliphatic rings. The summed E-state index contributed by atoms with van der Waals surface area (Å²) in [6.07, 6.45) is 18.9. The van der Waals surface area contributed by atoms with Crippen LogP contribution in [-0.4, -0.2) is 90.4 Å². The number of Topliss-reactive ketones (excluding diaryl/α,β-unsaturated/α-hetero) is 2. The molecule has 0 radical (unpaired) electrons. The van der Waals surface area contributed by atoms with Gasteiger partial charge in [-0.25, -0.2) is 23.4 Å². The van der Waals surface area contributed by atoms with Gasteiger partial charge in [0, 0.05) is 60.8 Å². The van der Waals surface area contributed by atoms with E-state index >= 15 is 0 Å². The molecule has 10 rings (SSSR count). The summed E-state index contributed by atoms with van der Waals surface area (Å²) in [5.74, 6) is 0.907. The van der Waals surface area contributed by atoms with Crippen molar-refractivity contribution in [2.45, 2.75) is 105 Å². The number of hydrogen-bond acceptors (Lipinski definition) is 10. The number of rotatable bonds is 17. The van der Waals surface area contributed by atoms with Gasteiger partial charge < -0.3 is 18.1 Å². The molecule has 0 saturated carbocycles. The van der Waals surface area contributed by atoms with Crippen LogP contribution < -0.4 is 0 Å². The Bertz CT molecular complexity index is 4010. The van der Waals surface area contributed by atoms with Gasteiger partial charge in [-0.05, 0) is 107 Å². The molecule has 8 heterocycles. The number of thiophene rings is 1. The summed E-state index contributed by atoms with van der Waals surface area (Å²) in [5, 5.41) is 3.97. The minimum Gasteiger partial charge on any atom is -0.345 e. The number of alkyl halides is 1. The van der Waals surface area contributed by atoms with E-state index in [0.29, 0.717) is 23.1 Å². The molecule has 9 aromatic rings. The molecule has 12 nitrogen and oxygen atoms in total. The van der Waals surface area contributed by atoms with Crippen LogP contribution in [0.15, 0.2) is 144 Å². The van der Waals surface area contributed by atoms with Gasteiger partial charge in [-0.3, -0.25) is 14.4 Å². The molecule has 1 atom stereocenters. The number of piperidine rings is 1. The van der Waals surface area contributed by atoms with Crippen LogP contribution in [0.3, 0.4) is 0 Å². The zero-order valence-corrected chi connectivity index (χ0v) is 54.0. The number of ketones is 2. The number of carbonyl (C=O) groups excluding carboxylic acids is 3. The van der Waals surface area contributed by atoms with Crippen molar-refractivity contribution < 1.29 is 22.8 Å². The fourth-order valence-corrected chi connectivity index (χ4v) is 13.5. The van der Waals surface area contributed by atoms with Crippen molar-refractivity contribution in [2.75, 3.05) is 31.5 Å². The van der Waals surface area contributed by atoms with Crippen molar-refractivity contribution >= 4 is 108 Å². The number of carbonyl (C=O) groups is 3. The maximum Gasteiger partial charge on any atom is 0.231 e. The number of amides is 1. The first-order valence-corrected chi connectivity index (χ1v) is 33.1. The number of nitrogens with zero attached hydrogens (tertiary/aromatic N) is 7. The van der Waals surface area contributed by atoms with Crippen molar-refractivity contribution in [3.63, 3.8) is 0 Å². The number of hydrogen-bond donors (Lipinski definition) is 0. The fraction of sp³-hybridized carbons (Fsp3) is 0.303. The molecular formula is C66H72Cl3N7O5S3. The van der Waals surface area contributed by atoms with Gasteiger partial charge in [-0.15, -0.1) is 34.7 Å². The lowest BCUT2D eigenvalue weighted by Crippen LogP contribution is -2.37. The molecule has 1 saturated heterocycles. The van der Waals surface area contributed by atoms with Crippen LogP contribution in [-0.2, 0) is 32.3 Å². The van der Waals surface area contributed by atoms with Crippen molar-refractivity contribution in [1.29, 1.82) is 0 Å². The van der Waals surface area contributed by atoms with Gasteiger partial charge in [0.15, 0.2) is 15.6 Å². The first-order chi connectivity index (χ1) is 40.3. The quantitative estimate of drug-likeness (QED) is 0.0495. The molecule has 18 heteroatoms. The molecule has 0 bridgehead atoms. The molecule has 1 fully saturated rings. The molecule has 7 aromatic heterocycles. The maximum atomic E-state index is 13.1. The second-order valence-corrected chi connectivity index (χ2v) is 25.3. The summed E-state index contributed by atoms with van der Waals surface area (Å²) in [5.41, 5.74) is 15.3. The third kappa shape index (κ3) is 15.8. The van der Waals surface area contributed by atoms with Crippen LogP contribution in [0.25, 0.3) is 45.0 Å². The van der Waals surface area contributed by atoms with Crippen molar-refractivity contribution in [3.8, 4) is 22.5 Å². The zero-order valence-electron chi connectivity index (χ0n) is 49.3. The molecule has 440 valence electrons. The average molecular weight is 1250 g/mol. The predicted octanol–water partition coefficient (Wildman–Crippen LogP) is 16.5. The lowest BCUT2D eigenvalue weighted by molar-refractivity contribution is -0.133. The number of allylic oxidation sites excluding steroid dienone is 5. The van der Waals surface area contributed by atoms with Gasteiger partial charge in [0.05, 0.1) is 78.5 Å². The highest BCUT2D eigenvalue weighted by Crippen LogP contribution is 2.37. The van der Waals surface area contributed by atoms with Gasteiger partial charge >= 0.3 is 0 Å². The van der Waals surface area contributed by atoms with Crippen LogP contribution >= 0.6 is 57.9 Å². The molecule has 1 aliphatic heterocycles. The third-order valence-electron chi connectivity index (χ3n) is 13.9. The largest absolute Gasteiger partial charge is 0.345 e. The Hall–Kier alpha value is -6.59. The molecule has 1 amide bonds. The summed E-state index contributed by atoms with van der Waals surface area (Å²) in [7, 11) is -1.60. The Balaban J connectivity index is 0.000000179. The predicted molar refractivity (Wildman–Crippen MR) is 351 cm³/mol. The average Bonchev–Trinajstić information content (AvgIpc) is 4.36. The summed E-state index contributed by atoms with van der Waals surface area (Å²) >= 11 is 20.8. The van der Waals surface area contributed by atoms with E-state index in [-0.39, 0.29) is 44.6 Å². The fourth-order valence-electron chi connectivity index (χ4n) is 9.79. The van der Waals surface area contributed by atoms with Crippen molar-refractivity contribution in [2.24, 2.45) is 0 Å². The Kier molecular flexibility index (Phi) is 23.2. The van der Waals surface area contributed by atoms with Gasteiger partial charge in [0.25, 0.3) is 0 Å². The van der Waals surface area contributed by atoms with E-state index < -0.39 is 9.84 Å². The molecule has 84 heavy (non-hydrogen) atoms. The number of likely N-dealkylation sites (N-methyl/N-ethyl adjacent to an activating group) is 1. The number of sulfone groups is 1. The van der Waals surface area contributed by atoms with Gasteiger partial charge in [-0.2, -0.15) is 0 Å². The lowest BCUT2D eigenvalue weighted by Gasteiger charge is -2.29. The monoisotopic (exact) mass is 1240 g/mol. The molecule has 0 spiro atoms. The Morgan fingerprint density at radius 1 is 0.750 bits per heavy atom. The minimum atomic E-state index is -3.50. The Morgan fingerprint density at radius 2 is 1.32 bits per heavy atom. The standard InChI is InChI=1S/C22H19ClN2O3S2.C21H24Cl2N2OS.C21H23N3O.C2H6/c1-13-4-7-15(8-5-13)21-16(25-11-14(2)6-9-19(25)24-21)10-17(26)22-20(23)18(12-29-22)30(3,27)28;1-3-7-16(8-5-6-11-22)21-19(13-18(26)15-27-12-4-2)25-14-17(23)9-10-20(25)24-21;1-14-6-9-16(10-7-14)19-20(17-5-4-12-23(3)21(17)25)24-13-15(2)8-11-18(24)22-19;1-2/h4-9,11-12H,10H2,1-3H3;4-7,9-10,12,14H,3,8,11,13,15H2,1-2H3;6-11,13,17H,4-5,12H2,1-3H3;1-2H3/b;6-5-,12-4-,16-7+;;. The normalized spacial score (nSPS) is 13.8. The van der Waals surface area contributed by atoms with Crippen molar-refractivity contribution in [3.05, 3.63) is 199 Å². The number of halogens is 3. The molecule has 1 unspecified atom stereocenters. The van der Waals surface area contributed by atoms with Crippen LogP contribution in [0.2, 0.25) is 10.0 Å². The van der Waals surface area contributed by atoms with Gasteiger partial charge in [-0.1, -0.05) is 140 Å². The van der Waals surface area contributed by atoms with E-state index in [1.807, 2.05) is 146 Å². The number of thioether (sulfide) groups is 1. The number of fused-ring (bicyclic) bond motifs is 3. The third-order valence-corrected chi connectivity index (χ3v) is 18.1. The zero-order chi connectivity index (χ0) is 60.8. The molecule has 0 N–H and O–H groups in total. The van der Waals surface area contributed by atoms with E-state index in [9.17, 15) is 22.8 Å². The van der Waals surface area contributed by atoms with Crippen LogP contribution in [0.4, 0.5) is 0 Å². The first-order valence-electron chi connectivity index (χ1n) is 28.0. The minimum absolute atomic E-state index is 0.00520. The highest BCUT2D eigenvalue weighted by Gasteiger charge is 2.33. The SMILES string of the molecule is C/C=C\SCC(=O)Cc1c(/C(=C/CC)C/C=C\CCl)nc2ccc(Cl)cn12.CC.Cc1ccc(-c2nc3ccc(C)cn3c2C2CCCN(C)C2=O)cc1.Cc1ccc(-c2nc3ccc(C)cn3c2CC(=O)c2scc(S(C)(=O)=O)c2Cl)cc1. The van der Waals surface area contributed by atoms with E-state index in [0.717, 1.165) is 129 Å². The second kappa shape index (κ2) is 30.0. The van der Waals surface area contributed by atoms with E-state index in [4.69, 9.17) is 49.8 Å². The summed E-state index contributed by atoms with van der Waals surface area (Å²) < 4.78 is 29.7. The second-order valence-electron chi connectivity index (χ2n) is 20.4. The molecule has 0 aliphatic carbocycles. The number of likely N-dealkylation sites (tertiary alicyclic amines) is 1. The van der Waals surface area contributed by atoms with E-state index in [1.54, 1.807) is 0 Å². The van der Waals surface area contributed by atoms with Crippen LogP contribution in [0.5, 0.6) is 0 Å². The van der Waals surface area contributed by atoms with Crippen molar-refractivity contribution in [1.82, 2.24) is 33.1 Å². The number of imidazole rings is 3. The molecule has 2 aromatic carbocycles. The van der Waals surface area contributed by atoms with Crippen LogP contribution in [0, 0.1) is 27.7 Å². The Labute approximate surface area is 517 Å². The van der Waals surface area contributed by atoms with E-state index in [2.05, 4.69) is 67.8 Å². The number of aryl methyl sites for hydroxylation is 4. The topological polar surface area (TPSA) is 140 Å². The summed E-state index contributed by atoms with van der Waals surface area (Å²) in [6, 6.07) is 28.1. The number of benzene rings is 2. The molecular weight excluding hydrogens is 1170 g/mol. The first kappa shape index (κ1) is 65.0. The van der Waals surface area contributed by atoms with Gasteiger partial charge in [0.1, 0.15) is 22.7 Å². The highest BCUT2D eigenvalue weighted by atomic mass is 35.5. The van der Waals surface area contributed by atoms with Gasteiger partial charge in [0.2, 0.25) is 5.91 Å². The highest BCUT2D eigenvalue weighted by molar-refractivity contribution is 8.02. The smallest absolute Gasteiger partial charge is 0.231 e. The Morgan fingerprint density at radius 3 is 1.93 bits per heavy atom. The number of pyridine rings is 3. The van der Waals surface area contributed by atoms with E-state index in [1.165, 1.54) is 28.3 Å². The summed E-state index contributed by atoms with van der Waals surface area (Å²) in [6.45, 7) is 17.0. The lowest BCUT2D eigenvalue weighted by atomic mass is 9.91. The van der Waals surface area contributed by atoms with Crippen LogP contribution in [0.1, 0.15) is 114 Å². The summed E-state index contributed by atoms with van der Waals surface area (Å²) in [4.78, 5) is 55.0. The maximum absolute atomic E-state index is 13.1. The number of aromatic nitrogens is 6.